The van der Waals surface area contributed by atoms with Gasteiger partial charge in [-0.1, -0.05) is 5.16 Å². The van der Waals surface area contributed by atoms with Crippen molar-refractivity contribution in [3.05, 3.63) is 11.1 Å². The average Bonchev–Trinajstić information content (AvgIpc) is 3.26. The topological polar surface area (TPSA) is 208 Å². The number of carbonyl (C=O) groups excluding carboxylic acids is 3. The molecule has 15 nitrogen and oxygen atoms in total. The Hall–Kier alpha value is -3.31. The van der Waals surface area contributed by atoms with Crippen LogP contribution in [0.15, 0.2) is 10.5 Å². The fraction of sp³-hybridized carbons (Fsp3) is 0.636. The van der Waals surface area contributed by atoms with Crippen LogP contribution in [0, 0.1) is 5.41 Å². The molecule has 2 amide bonds. The summed E-state index contributed by atoms with van der Waals surface area (Å²) in [6, 6.07) is -2.29. The molecule has 2 heterocycles. The molecule has 1 fully saturated rings. The van der Waals surface area contributed by atoms with Gasteiger partial charge in [0.2, 0.25) is 5.60 Å². The average molecular weight is 592 g/mol. The zero-order chi connectivity index (χ0) is 29.9. The summed E-state index contributed by atoms with van der Waals surface area (Å²) in [5.74, 6) is -3.82. The molecule has 2 atom stereocenters. The van der Waals surface area contributed by atoms with Crippen molar-refractivity contribution in [2.24, 2.45) is 10.6 Å². The van der Waals surface area contributed by atoms with Crippen LogP contribution in [-0.4, -0.2) is 94.6 Å². The predicted octanol–water partition coefficient (Wildman–Crippen LogP) is 0.608. The van der Waals surface area contributed by atoms with Crippen LogP contribution >= 0.6 is 11.3 Å². The standard InChI is InChI=1S/C22H33N5O10S2/c1-8-26(15-12(3)27(17(15)29)39(33,34)36-11-21(4,5)18(30)31)16(28)14(13-10-38-20(23)24-13)25-37-22(6,7)19(32)35-9-2/h10,12,15H,8-9,11H2,1-7H3,(H2,23,24)(H,30,31)/b25-14+/t12-,15-/m0/s1. The minimum absolute atomic E-state index is 0.0174. The van der Waals surface area contributed by atoms with Crippen molar-refractivity contribution >= 4 is 56.2 Å². The zero-order valence-corrected chi connectivity index (χ0v) is 24.3. The van der Waals surface area contributed by atoms with Crippen LogP contribution in [0.25, 0.3) is 0 Å². The predicted molar refractivity (Wildman–Crippen MR) is 139 cm³/mol. The fourth-order valence-electron chi connectivity index (χ4n) is 3.33. The summed E-state index contributed by atoms with van der Waals surface area (Å²) >= 11 is 1.01. The maximum Gasteiger partial charge on any atom is 0.365 e. The first-order chi connectivity index (χ1) is 17.9. The van der Waals surface area contributed by atoms with E-state index in [1.165, 1.54) is 40.0 Å². The molecule has 0 aliphatic carbocycles. The third kappa shape index (κ3) is 6.83. The van der Waals surface area contributed by atoms with Gasteiger partial charge in [0.15, 0.2) is 10.8 Å². The number of hydrogen-bond donors (Lipinski definition) is 2. The van der Waals surface area contributed by atoms with Gasteiger partial charge >= 0.3 is 22.2 Å². The van der Waals surface area contributed by atoms with E-state index in [1.54, 1.807) is 13.8 Å². The van der Waals surface area contributed by atoms with Gasteiger partial charge in [0, 0.05) is 11.9 Å². The molecular formula is C22H33N5O10S2. The van der Waals surface area contributed by atoms with E-state index in [-0.39, 0.29) is 29.7 Å². The number of β-lactam (4-membered cyclic amide) rings is 1. The lowest BCUT2D eigenvalue weighted by atomic mass is 9.96. The van der Waals surface area contributed by atoms with Crippen molar-refractivity contribution in [3.8, 4) is 0 Å². The van der Waals surface area contributed by atoms with Crippen molar-refractivity contribution in [2.45, 2.75) is 66.2 Å². The Bertz CT molecular complexity index is 1260. The number of amides is 2. The maximum atomic E-state index is 13.6. The van der Waals surface area contributed by atoms with Crippen LogP contribution in [0.5, 0.6) is 0 Å². The number of ether oxygens (including phenoxy) is 1. The van der Waals surface area contributed by atoms with Gasteiger partial charge in [-0.2, -0.15) is 8.42 Å². The Balaban J connectivity index is 2.34. The molecule has 0 bridgehead atoms. The first-order valence-corrected chi connectivity index (χ1v) is 14.1. The van der Waals surface area contributed by atoms with Gasteiger partial charge in [0.1, 0.15) is 11.7 Å². The van der Waals surface area contributed by atoms with E-state index < -0.39 is 63.8 Å². The monoisotopic (exact) mass is 591 g/mol. The number of nitrogen functional groups attached to an aromatic ring is 1. The molecule has 1 aliphatic heterocycles. The SMILES string of the molecule is CCOC(=O)C(C)(C)O/N=C(/C(=O)N(CC)[C@@H]1C(=O)N(S(=O)(=O)OCC(C)(C)C(=O)O)[C@H]1C)c1csc(N)n1. The molecule has 1 aromatic heterocycles. The van der Waals surface area contributed by atoms with Gasteiger partial charge in [-0.25, -0.2) is 14.1 Å². The Morgan fingerprint density at radius 3 is 2.33 bits per heavy atom. The number of esters is 1. The van der Waals surface area contributed by atoms with E-state index in [0.29, 0.717) is 4.31 Å². The first-order valence-electron chi connectivity index (χ1n) is 11.8. The molecule has 218 valence electrons. The molecule has 3 N–H and O–H groups in total. The summed E-state index contributed by atoms with van der Waals surface area (Å²) < 4.78 is 35.6. The second-order valence-electron chi connectivity index (χ2n) is 9.65. The number of nitrogens with zero attached hydrogens (tertiary/aromatic N) is 4. The van der Waals surface area contributed by atoms with Crippen LogP contribution in [-0.2, 0) is 43.2 Å². The number of thiazole rings is 1. The van der Waals surface area contributed by atoms with Crippen LogP contribution in [0.3, 0.4) is 0 Å². The Labute approximate surface area is 230 Å². The van der Waals surface area contributed by atoms with Crippen LogP contribution in [0.2, 0.25) is 0 Å². The molecule has 1 saturated heterocycles. The molecule has 0 radical (unpaired) electrons. The van der Waals surface area contributed by atoms with Crippen LogP contribution in [0.4, 0.5) is 5.13 Å². The summed E-state index contributed by atoms with van der Waals surface area (Å²) in [6.07, 6.45) is 0. The smallest absolute Gasteiger partial charge is 0.365 e. The van der Waals surface area contributed by atoms with E-state index in [0.717, 1.165) is 16.2 Å². The van der Waals surface area contributed by atoms with Crippen LogP contribution < -0.4 is 5.73 Å². The van der Waals surface area contributed by atoms with Crippen molar-refractivity contribution in [1.29, 1.82) is 0 Å². The van der Waals surface area contributed by atoms with Crippen molar-refractivity contribution in [3.63, 3.8) is 0 Å². The number of nitrogens with two attached hydrogens (primary N) is 1. The highest BCUT2D eigenvalue weighted by Gasteiger charge is 2.56. The van der Waals surface area contributed by atoms with E-state index >= 15 is 0 Å². The first kappa shape index (κ1) is 31.9. The number of anilines is 1. The number of carbonyl (C=O) groups is 4. The number of likely N-dealkylation sites (N-methyl/N-ethyl adjacent to an activating group) is 1. The van der Waals surface area contributed by atoms with Crippen LogP contribution in [0.1, 0.15) is 54.2 Å². The highest BCUT2D eigenvalue weighted by molar-refractivity contribution is 7.85. The third-order valence-electron chi connectivity index (χ3n) is 5.72. The highest BCUT2D eigenvalue weighted by Crippen LogP contribution is 2.31. The normalized spacial score (nSPS) is 18.4. The van der Waals surface area contributed by atoms with Gasteiger partial charge in [-0.3, -0.25) is 18.6 Å². The van der Waals surface area contributed by atoms with Gasteiger partial charge in [0.05, 0.1) is 24.7 Å². The maximum absolute atomic E-state index is 13.6. The van der Waals surface area contributed by atoms with Gasteiger partial charge in [-0.05, 0) is 48.5 Å². The lowest BCUT2D eigenvalue weighted by Crippen LogP contribution is -2.72. The number of rotatable bonds is 13. The number of oxime groups is 1. The van der Waals surface area contributed by atoms with Gasteiger partial charge < -0.3 is 25.3 Å². The molecule has 2 rings (SSSR count). The third-order valence-corrected chi connectivity index (χ3v) is 7.81. The van der Waals surface area contributed by atoms with Crippen molar-refractivity contribution < 1.29 is 46.5 Å². The largest absolute Gasteiger partial charge is 0.481 e. The van der Waals surface area contributed by atoms with E-state index in [9.17, 15) is 32.7 Å². The summed E-state index contributed by atoms with van der Waals surface area (Å²) in [5, 5.41) is 14.6. The zero-order valence-electron chi connectivity index (χ0n) is 22.7. The molecule has 1 aliphatic rings. The summed E-state index contributed by atoms with van der Waals surface area (Å²) in [4.78, 5) is 60.6. The van der Waals surface area contributed by atoms with E-state index in [2.05, 4.69) is 10.1 Å². The summed E-state index contributed by atoms with van der Waals surface area (Å²) in [5.41, 5.74) is 2.25. The summed E-state index contributed by atoms with van der Waals surface area (Å²) in [7, 11) is -4.65. The number of aliphatic carboxylic acids is 1. The lowest BCUT2D eigenvalue weighted by Gasteiger charge is -2.47. The minimum Gasteiger partial charge on any atom is -0.481 e. The number of hydrogen-bond acceptors (Lipinski definition) is 13. The minimum atomic E-state index is -4.65. The molecule has 0 aromatic carbocycles. The number of carboxylic acids is 1. The summed E-state index contributed by atoms with van der Waals surface area (Å²) in [6.45, 7) is 9.21. The highest BCUT2D eigenvalue weighted by atomic mass is 32.2. The van der Waals surface area contributed by atoms with Gasteiger partial charge in [-0.15, -0.1) is 11.3 Å². The van der Waals surface area contributed by atoms with E-state index in [4.69, 9.17) is 19.5 Å². The Kier molecular flexibility index (Phi) is 9.68. The second-order valence-corrected chi connectivity index (χ2v) is 12.0. The number of carboxylic acid groups (broad SMARTS) is 1. The van der Waals surface area contributed by atoms with Crippen molar-refractivity contribution in [2.75, 3.05) is 25.5 Å². The lowest BCUT2D eigenvalue weighted by molar-refractivity contribution is -0.167. The Morgan fingerprint density at radius 2 is 1.87 bits per heavy atom. The molecule has 39 heavy (non-hydrogen) atoms. The quantitative estimate of drug-likeness (QED) is 0.140. The molecule has 0 spiro atoms. The molecule has 0 unspecified atom stereocenters. The number of aromatic nitrogens is 1. The fourth-order valence-corrected chi connectivity index (χ4v) is 5.28. The molecule has 1 aromatic rings. The Morgan fingerprint density at radius 1 is 1.26 bits per heavy atom. The molecule has 17 heteroatoms. The van der Waals surface area contributed by atoms with Gasteiger partial charge in [0.25, 0.3) is 11.8 Å². The van der Waals surface area contributed by atoms with Crippen molar-refractivity contribution in [1.82, 2.24) is 14.2 Å². The molecular weight excluding hydrogens is 558 g/mol. The van der Waals surface area contributed by atoms with E-state index in [1.807, 2.05) is 0 Å². The second kappa shape index (κ2) is 11.8. The molecule has 0 saturated carbocycles.